The summed E-state index contributed by atoms with van der Waals surface area (Å²) in [5.41, 5.74) is 1.62. The number of benzene rings is 3. The van der Waals surface area contributed by atoms with Gasteiger partial charge in [-0.1, -0.05) is 41.4 Å². The molecule has 0 spiro atoms. The van der Waals surface area contributed by atoms with Gasteiger partial charge in [-0.15, -0.1) is 0 Å². The normalized spacial score (nSPS) is 11.2. The minimum atomic E-state index is -4.06. The van der Waals surface area contributed by atoms with Crippen molar-refractivity contribution in [3.63, 3.8) is 0 Å². The van der Waals surface area contributed by atoms with E-state index in [-0.39, 0.29) is 34.2 Å². The maximum absolute atomic E-state index is 13.5. The van der Waals surface area contributed by atoms with Gasteiger partial charge < -0.3 is 19.5 Å². The van der Waals surface area contributed by atoms with Gasteiger partial charge in [-0.2, -0.15) is 4.31 Å². The van der Waals surface area contributed by atoms with E-state index >= 15 is 0 Å². The van der Waals surface area contributed by atoms with E-state index < -0.39 is 28.4 Å². The first-order chi connectivity index (χ1) is 17.6. The minimum Gasteiger partial charge on any atom is -0.493 e. The van der Waals surface area contributed by atoms with Gasteiger partial charge in [0.05, 0.1) is 44.0 Å². The van der Waals surface area contributed by atoms with E-state index in [1.165, 1.54) is 45.6 Å². The van der Waals surface area contributed by atoms with Crippen molar-refractivity contribution in [3.05, 3.63) is 82.4 Å². The number of esters is 1. The van der Waals surface area contributed by atoms with Crippen LogP contribution in [-0.4, -0.2) is 52.5 Å². The number of hydrogen-bond acceptors (Lipinski definition) is 7. The number of nitrogens with one attached hydrogen (secondary N) is 1. The van der Waals surface area contributed by atoms with Crippen LogP contribution in [0, 0.1) is 6.92 Å². The number of aryl methyl sites for hydroxylation is 1. The fourth-order valence-electron chi connectivity index (χ4n) is 3.49. The lowest BCUT2D eigenvalue weighted by atomic mass is 10.1. The molecule has 0 bridgehead atoms. The zero-order chi connectivity index (χ0) is 27.2. The van der Waals surface area contributed by atoms with Crippen LogP contribution in [0.3, 0.4) is 0 Å². The quantitative estimate of drug-likeness (QED) is 0.378. The van der Waals surface area contributed by atoms with Crippen molar-refractivity contribution < 1.29 is 32.2 Å². The van der Waals surface area contributed by atoms with Gasteiger partial charge in [0.25, 0.3) is 0 Å². The first kappa shape index (κ1) is 28.0. The molecule has 0 aromatic heterocycles. The zero-order valence-corrected chi connectivity index (χ0v) is 22.4. The number of rotatable bonds is 10. The Morgan fingerprint density at radius 1 is 0.919 bits per heavy atom. The summed E-state index contributed by atoms with van der Waals surface area (Å²) < 4.78 is 43.4. The van der Waals surface area contributed by atoms with Gasteiger partial charge in [-0.25, -0.2) is 13.2 Å². The highest BCUT2D eigenvalue weighted by molar-refractivity contribution is 7.89. The Hall–Kier alpha value is -3.60. The first-order valence-electron chi connectivity index (χ1n) is 11.0. The van der Waals surface area contributed by atoms with Crippen LogP contribution in [0.4, 0.5) is 5.69 Å². The summed E-state index contributed by atoms with van der Waals surface area (Å²) in [6.45, 7) is 1.22. The zero-order valence-electron chi connectivity index (χ0n) is 20.8. The van der Waals surface area contributed by atoms with Crippen molar-refractivity contribution in [2.75, 3.05) is 33.2 Å². The fraction of sp³-hybridized carbons (Fsp3) is 0.231. The summed E-state index contributed by atoms with van der Waals surface area (Å²) in [7, 11) is -0.0534. The molecule has 1 N–H and O–H groups in total. The van der Waals surface area contributed by atoms with Crippen LogP contribution in [0.5, 0.6) is 11.5 Å². The number of anilines is 1. The van der Waals surface area contributed by atoms with Crippen LogP contribution in [0.1, 0.15) is 21.5 Å². The standard InChI is InChI=1S/C26H27ClN2O7S/c1-17-5-11-20(12-6-17)37(32,33)29(15-18-7-9-19(27)10-8-18)16-25(30)28-22-14-24(35-3)23(34-2)13-21(22)26(31)36-4/h5-14H,15-16H2,1-4H3,(H,28,30). The second-order valence-corrected chi connectivity index (χ2v) is 10.4. The number of methoxy groups -OCH3 is 3. The summed E-state index contributed by atoms with van der Waals surface area (Å²) >= 11 is 5.97. The average molecular weight is 547 g/mol. The maximum Gasteiger partial charge on any atom is 0.340 e. The lowest BCUT2D eigenvalue weighted by Crippen LogP contribution is -2.37. The smallest absolute Gasteiger partial charge is 0.340 e. The van der Waals surface area contributed by atoms with Crippen LogP contribution in [0.2, 0.25) is 5.02 Å². The first-order valence-corrected chi connectivity index (χ1v) is 12.9. The Kier molecular flexibility index (Phi) is 9.14. The average Bonchev–Trinajstić information content (AvgIpc) is 2.89. The summed E-state index contributed by atoms with van der Waals surface area (Å²) in [5.74, 6) is -0.883. The van der Waals surface area contributed by atoms with Crippen molar-refractivity contribution in [1.82, 2.24) is 4.31 Å². The van der Waals surface area contributed by atoms with Gasteiger partial charge in [-0.05, 0) is 36.8 Å². The summed E-state index contributed by atoms with van der Waals surface area (Å²) in [4.78, 5) is 25.6. The van der Waals surface area contributed by atoms with E-state index in [1.807, 2.05) is 6.92 Å². The monoisotopic (exact) mass is 546 g/mol. The van der Waals surface area contributed by atoms with Crippen LogP contribution >= 0.6 is 11.6 Å². The maximum atomic E-state index is 13.5. The molecule has 0 atom stereocenters. The SMILES string of the molecule is COC(=O)c1cc(OC)c(OC)cc1NC(=O)CN(Cc1ccc(Cl)cc1)S(=O)(=O)c1ccc(C)cc1. The molecule has 3 rings (SSSR count). The Labute approximate surface area is 221 Å². The second-order valence-electron chi connectivity index (χ2n) is 8.01. The number of amides is 1. The lowest BCUT2D eigenvalue weighted by Gasteiger charge is -2.23. The van der Waals surface area contributed by atoms with Crippen molar-refractivity contribution in [2.24, 2.45) is 0 Å². The van der Waals surface area contributed by atoms with Gasteiger partial charge in [0.15, 0.2) is 11.5 Å². The second kappa shape index (κ2) is 12.1. The van der Waals surface area contributed by atoms with E-state index in [0.29, 0.717) is 10.6 Å². The van der Waals surface area contributed by atoms with Gasteiger partial charge >= 0.3 is 5.97 Å². The van der Waals surface area contributed by atoms with Crippen LogP contribution in [-0.2, 0) is 26.1 Å². The number of carbonyl (C=O) groups excluding carboxylic acids is 2. The number of carbonyl (C=O) groups is 2. The fourth-order valence-corrected chi connectivity index (χ4v) is 5.00. The molecular formula is C26H27ClN2O7S. The Morgan fingerprint density at radius 3 is 2.08 bits per heavy atom. The molecule has 0 saturated carbocycles. The minimum absolute atomic E-state index is 0.0131. The Bertz CT molecular complexity index is 1380. The molecule has 0 saturated heterocycles. The number of sulfonamides is 1. The van der Waals surface area contributed by atoms with Crippen molar-refractivity contribution >= 4 is 39.2 Å². The van der Waals surface area contributed by atoms with Gasteiger partial charge in [0.1, 0.15) is 0 Å². The molecule has 0 heterocycles. The molecule has 0 aliphatic carbocycles. The molecule has 196 valence electrons. The molecule has 9 nitrogen and oxygen atoms in total. The predicted molar refractivity (Wildman–Crippen MR) is 140 cm³/mol. The molecule has 1 amide bonds. The largest absolute Gasteiger partial charge is 0.493 e. The number of halogens is 1. The molecule has 3 aromatic rings. The molecule has 37 heavy (non-hydrogen) atoms. The highest BCUT2D eigenvalue weighted by atomic mass is 35.5. The lowest BCUT2D eigenvalue weighted by molar-refractivity contribution is -0.116. The number of nitrogens with zero attached hydrogens (tertiary/aromatic N) is 1. The number of hydrogen-bond donors (Lipinski definition) is 1. The summed E-state index contributed by atoms with van der Waals surface area (Å²) in [6.07, 6.45) is 0. The summed E-state index contributed by atoms with van der Waals surface area (Å²) in [5, 5.41) is 3.11. The van der Waals surface area contributed by atoms with Crippen molar-refractivity contribution in [1.29, 1.82) is 0 Å². The molecule has 0 unspecified atom stereocenters. The van der Waals surface area contributed by atoms with Crippen molar-refractivity contribution in [3.8, 4) is 11.5 Å². The molecule has 3 aromatic carbocycles. The van der Waals surface area contributed by atoms with E-state index in [2.05, 4.69) is 5.32 Å². The third-order valence-corrected chi connectivity index (χ3v) is 7.51. The van der Waals surface area contributed by atoms with Crippen LogP contribution < -0.4 is 14.8 Å². The van der Waals surface area contributed by atoms with Gasteiger partial charge in [-0.3, -0.25) is 4.79 Å². The van der Waals surface area contributed by atoms with Gasteiger partial charge in [0.2, 0.25) is 15.9 Å². The third-order valence-electron chi connectivity index (χ3n) is 5.45. The Balaban J connectivity index is 1.96. The topological polar surface area (TPSA) is 111 Å². The summed E-state index contributed by atoms with van der Waals surface area (Å²) in [6, 6.07) is 15.8. The van der Waals surface area contributed by atoms with E-state index in [1.54, 1.807) is 36.4 Å². The molecule has 0 aliphatic rings. The predicted octanol–water partition coefficient (Wildman–Crippen LogP) is 4.28. The van der Waals surface area contributed by atoms with E-state index in [4.69, 9.17) is 25.8 Å². The van der Waals surface area contributed by atoms with Gasteiger partial charge in [0, 0.05) is 23.7 Å². The highest BCUT2D eigenvalue weighted by Crippen LogP contribution is 2.34. The number of ether oxygens (including phenoxy) is 3. The van der Waals surface area contributed by atoms with E-state index in [9.17, 15) is 18.0 Å². The molecule has 0 aliphatic heterocycles. The highest BCUT2D eigenvalue weighted by Gasteiger charge is 2.28. The Morgan fingerprint density at radius 2 is 1.51 bits per heavy atom. The van der Waals surface area contributed by atoms with E-state index in [0.717, 1.165) is 9.87 Å². The molecule has 0 fully saturated rings. The molecule has 11 heteroatoms. The molecule has 0 radical (unpaired) electrons. The third kappa shape index (κ3) is 6.79. The van der Waals surface area contributed by atoms with Crippen molar-refractivity contribution in [2.45, 2.75) is 18.4 Å². The van der Waals surface area contributed by atoms with Crippen LogP contribution in [0.15, 0.2) is 65.6 Å². The van der Waals surface area contributed by atoms with Crippen LogP contribution in [0.25, 0.3) is 0 Å². The molecular weight excluding hydrogens is 520 g/mol.